The number of piperidine rings is 1. The zero-order valence-corrected chi connectivity index (χ0v) is 13.9. The summed E-state index contributed by atoms with van der Waals surface area (Å²) in [7, 11) is 0. The van der Waals surface area contributed by atoms with E-state index in [2.05, 4.69) is 5.32 Å². The minimum absolute atomic E-state index is 0.142. The van der Waals surface area contributed by atoms with Gasteiger partial charge in [-0.3, -0.25) is 14.4 Å². The van der Waals surface area contributed by atoms with Crippen molar-refractivity contribution in [1.29, 1.82) is 0 Å². The largest absolute Gasteiger partial charge is 0.481 e. The van der Waals surface area contributed by atoms with Crippen molar-refractivity contribution in [1.82, 2.24) is 4.90 Å². The van der Waals surface area contributed by atoms with E-state index in [0.717, 1.165) is 6.42 Å². The second-order valence-electron chi connectivity index (χ2n) is 6.48. The van der Waals surface area contributed by atoms with Crippen molar-refractivity contribution >= 4 is 23.5 Å². The van der Waals surface area contributed by atoms with Gasteiger partial charge in [0.2, 0.25) is 0 Å². The van der Waals surface area contributed by atoms with E-state index in [-0.39, 0.29) is 17.7 Å². The number of ether oxygens (including phenoxy) is 1. The molecule has 134 valence electrons. The lowest BCUT2D eigenvalue weighted by molar-refractivity contribution is -0.143. The number of nitrogens with zero attached hydrogens (tertiary/aromatic N) is 1. The number of aliphatic carboxylic acids is 1. The van der Waals surface area contributed by atoms with E-state index < -0.39 is 12.1 Å². The van der Waals surface area contributed by atoms with Crippen LogP contribution in [-0.2, 0) is 14.3 Å². The summed E-state index contributed by atoms with van der Waals surface area (Å²) >= 11 is 0. The number of likely N-dealkylation sites (tertiary alicyclic amines) is 1. The van der Waals surface area contributed by atoms with Crippen LogP contribution in [-0.4, -0.2) is 53.6 Å². The molecule has 7 nitrogen and oxygen atoms in total. The first-order valence-electron chi connectivity index (χ1n) is 8.59. The third-order valence-electron chi connectivity index (χ3n) is 4.73. The van der Waals surface area contributed by atoms with Gasteiger partial charge in [-0.05, 0) is 43.9 Å². The van der Waals surface area contributed by atoms with Gasteiger partial charge in [-0.25, -0.2) is 0 Å². The highest BCUT2D eigenvalue weighted by atomic mass is 16.5. The second kappa shape index (κ2) is 7.65. The lowest BCUT2D eigenvalue weighted by atomic mass is 9.96. The third-order valence-corrected chi connectivity index (χ3v) is 4.73. The standard InChI is InChI=1S/C18H22N2O5/c21-16(15-5-2-10-25-15)19-14-4-1-3-13(11-14)17(22)20-8-6-12(7-9-20)18(23)24/h1,3-4,11-12,15H,2,5-10H2,(H,19,21)(H,23,24). The van der Waals surface area contributed by atoms with Crippen LogP contribution >= 0.6 is 0 Å². The summed E-state index contributed by atoms with van der Waals surface area (Å²) in [6.07, 6.45) is 2.10. The number of amides is 2. The number of carbonyl (C=O) groups excluding carboxylic acids is 2. The molecule has 2 saturated heterocycles. The molecule has 0 aromatic heterocycles. The van der Waals surface area contributed by atoms with Gasteiger partial charge in [-0.15, -0.1) is 0 Å². The topological polar surface area (TPSA) is 95.9 Å². The first kappa shape index (κ1) is 17.4. The van der Waals surface area contributed by atoms with Crippen LogP contribution in [0.4, 0.5) is 5.69 Å². The SMILES string of the molecule is O=C(O)C1CCN(C(=O)c2cccc(NC(=O)C3CCCO3)c2)CC1. The number of carboxylic acids is 1. The monoisotopic (exact) mass is 346 g/mol. The van der Waals surface area contributed by atoms with Gasteiger partial charge >= 0.3 is 5.97 Å². The summed E-state index contributed by atoms with van der Waals surface area (Å²) in [5, 5.41) is 11.8. The Labute approximate surface area is 146 Å². The lowest BCUT2D eigenvalue weighted by Gasteiger charge is -2.30. The highest BCUT2D eigenvalue weighted by molar-refractivity contribution is 5.98. The molecule has 2 fully saturated rings. The van der Waals surface area contributed by atoms with Gasteiger partial charge in [0.05, 0.1) is 5.92 Å². The molecule has 0 aliphatic carbocycles. The van der Waals surface area contributed by atoms with Crippen molar-refractivity contribution in [2.24, 2.45) is 5.92 Å². The number of hydrogen-bond donors (Lipinski definition) is 2. The van der Waals surface area contributed by atoms with E-state index in [1.165, 1.54) is 0 Å². The van der Waals surface area contributed by atoms with Crippen molar-refractivity contribution < 1.29 is 24.2 Å². The molecule has 2 aliphatic heterocycles. The van der Waals surface area contributed by atoms with Gasteiger partial charge in [-0.2, -0.15) is 0 Å². The highest BCUT2D eigenvalue weighted by Gasteiger charge is 2.28. The third kappa shape index (κ3) is 4.17. The van der Waals surface area contributed by atoms with E-state index in [4.69, 9.17) is 9.84 Å². The smallest absolute Gasteiger partial charge is 0.306 e. The van der Waals surface area contributed by atoms with Gasteiger partial charge in [-0.1, -0.05) is 6.07 Å². The second-order valence-corrected chi connectivity index (χ2v) is 6.48. The summed E-state index contributed by atoms with van der Waals surface area (Å²) < 4.78 is 5.35. The predicted octanol–water partition coefficient (Wildman–Crippen LogP) is 1.74. The quantitative estimate of drug-likeness (QED) is 0.866. The fraction of sp³-hybridized carbons (Fsp3) is 0.500. The van der Waals surface area contributed by atoms with Crippen LogP contribution < -0.4 is 5.32 Å². The van der Waals surface area contributed by atoms with E-state index in [1.807, 2.05) is 0 Å². The molecule has 0 radical (unpaired) electrons. The average Bonchev–Trinajstić information content (AvgIpc) is 3.16. The Morgan fingerprint density at radius 2 is 1.92 bits per heavy atom. The number of benzene rings is 1. The molecule has 1 aromatic rings. The van der Waals surface area contributed by atoms with Gasteiger partial charge < -0.3 is 20.1 Å². The number of hydrogen-bond acceptors (Lipinski definition) is 4. The minimum atomic E-state index is -0.800. The molecule has 3 rings (SSSR count). The first-order chi connectivity index (χ1) is 12.0. The molecule has 2 aliphatic rings. The molecule has 7 heteroatoms. The van der Waals surface area contributed by atoms with E-state index in [1.54, 1.807) is 29.2 Å². The Balaban J connectivity index is 1.61. The van der Waals surface area contributed by atoms with Crippen LogP contribution in [0.15, 0.2) is 24.3 Å². The molecule has 0 bridgehead atoms. The number of rotatable bonds is 4. The molecule has 25 heavy (non-hydrogen) atoms. The minimum Gasteiger partial charge on any atom is -0.481 e. The normalized spacial score (nSPS) is 21.1. The summed E-state index contributed by atoms with van der Waals surface area (Å²) in [5.41, 5.74) is 1.05. The van der Waals surface area contributed by atoms with Crippen molar-refractivity contribution in [3.8, 4) is 0 Å². The molecule has 1 unspecified atom stereocenters. The lowest BCUT2D eigenvalue weighted by Crippen LogP contribution is -2.40. The first-order valence-corrected chi connectivity index (χ1v) is 8.59. The van der Waals surface area contributed by atoms with Crippen LogP contribution in [0.25, 0.3) is 0 Å². The van der Waals surface area contributed by atoms with Crippen molar-refractivity contribution in [2.45, 2.75) is 31.8 Å². The van der Waals surface area contributed by atoms with Crippen LogP contribution in [0.1, 0.15) is 36.0 Å². The maximum absolute atomic E-state index is 12.6. The molecular weight excluding hydrogens is 324 g/mol. The predicted molar refractivity (Wildman–Crippen MR) is 90.3 cm³/mol. The maximum Gasteiger partial charge on any atom is 0.306 e. The Hall–Kier alpha value is -2.41. The van der Waals surface area contributed by atoms with Crippen LogP contribution in [0.5, 0.6) is 0 Å². The Morgan fingerprint density at radius 1 is 1.16 bits per heavy atom. The average molecular weight is 346 g/mol. The highest BCUT2D eigenvalue weighted by Crippen LogP contribution is 2.21. The summed E-state index contributed by atoms with van der Waals surface area (Å²) in [6.45, 7) is 1.47. The van der Waals surface area contributed by atoms with Gasteiger partial charge in [0.1, 0.15) is 6.10 Å². The van der Waals surface area contributed by atoms with Gasteiger partial charge in [0.15, 0.2) is 0 Å². The van der Waals surface area contributed by atoms with Crippen LogP contribution in [0, 0.1) is 5.92 Å². The zero-order chi connectivity index (χ0) is 17.8. The van der Waals surface area contributed by atoms with Gasteiger partial charge in [0.25, 0.3) is 11.8 Å². The number of anilines is 1. The van der Waals surface area contributed by atoms with E-state index in [9.17, 15) is 14.4 Å². The molecule has 1 atom stereocenters. The van der Waals surface area contributed by atoms with Crippen LogP contribution in [0.2, 0.25) is 0 Å². The summed E-state index contributed by atoms with van der Waals surface area (Å²) in [6, 6.07) is 6.81. The molecular formula is C18H22N2O5. The molecule has 0 spiro atoms. The van der Waals surface area contributed by atoms with E-state index in [0.29, 0.717) is 50.2 Å². The van der Waals surface area contributed by atoms with Crippen molar-refractivity contribution in [3.63, 3.8) is 0 Å². The van der Waals surface area contributed by atoms with Crippen molar-refractivity contribution in [3.05, 3.63) is 29.8 Å². The Kier molecular flexibility index (Phi) is 5.33. The molecule has 2 heterocycles. The molecule has 0 saturated carbocycles. The van der Waals surface area contributed by atoms with Gasteiger partial charge in [0, 0.05) is 30.9 Å². The summed E-state index contributed by atoms with van der Waals surface area (Å²) in [4.78, 5) is 37.4. The fourth-order valence-corrected chi connectivity index (χ4v) is 3.25. The molecule has 2 amide bonds. The number of carboxylic acid groups (broad SMARTS) is 1. The van der Waals surface area contributed by atoms with Crippen molar-refractivity contribution in [2.75, 3.05) is 25.0 Å². The molecule has 2 N–H and O–H groups in total. The fourth-order valence-electron chi connectivity index (χ4n) is 3.25. The summed E-state index contributed by atoms with van der Waals surface area (Å²) in [5.74, 6) is -1.51. The Morgan fingerprint density at radius 3 is 2.56 bits per heavy atom. The zero-order valence-electron chi connectivity index (χ0n) is 13.9. The maximum atomic E-state index is 12.6. The molecule has 1 aromatic carbocycles. The van der Waals surface area contributed by atoms with E-state index >= 15 is 0 Å². The number of nitrogens with one attached hydrogen (secondary N) is 1. The number of carbonyl (C=O) groups is 3. The Bertz CT molecular complexity index is 661. The van der Waals surface area contributed by atoms with Crippen LogP contribution in [0.3, 0.4) is 0 Å².